The van der Waals surface area contributed by atoms with Gasteiger partial charge in [0.2, 0.25) is 0 Å². The zero-order valence-electron chi connectivity index (χ0n) is 18.9. The first-order chi connectivity index (χ1) is 15.9. The molecule has 0 radical (unpaired) electrons. The number of hydrogen-bond donors (Lipinski definition) is 1. The van der Waals surface area contributed by atoms with Gasteiger partial charge in [-0.25, -0.2) is 0 Å². The Morgan fingerprint density at radius 3 is 2.24 bits per heavy atom. The number of carbonyl (C=O) groups excluding carboxylic acids is 2. The Kier molecular flexibility index (Phi) is 6.27. The standard InChI is InChI=1S/C27H26N2O4/c1-4-13-33-22-7-5-20(6-8-22)25(30)23-24(19-9-11-28-12-10-19)29(27(32)26(23)31)21-15-17(2)14-18(3)16-21/h5-12,14-16,24,30H,4,13H2,1-3H3/b25-23+. The summed E-state index contributed by atoms with van der Waals surface area (Å²) < 4.78 is 5.61. The summed E-state index contributed by atoms with van der Waals surface area (Å²) in [5.74, 6) is -0.940. The van der Waals surface area contributed by atoms with E-state index >= 15 is 0 Å². The third-order valence-corrected chi connectivity index (χ3v) is 5.55. The zero-order valence-corrected chi connectivity index (χ0v) is 18.9. The smallest absolute Gasteiger partial charge is 0.300 e. The minimum absolute atomic E-state index is 0.0487. The Hall–Kier alpha value is -3.93. The van der Waals surface area contributed by atoms with Crippen molar-refractivity contribution in [1.29, 1.82) is 0 Å². The monoisotopic (exact) mass is 442 g/mol. The summed E-state index contributed by atoms with van der Waals surface area (Å²) in [6.45, 7) is 6.50. The number of nitrogens with zero attached hydrogens (tertiary/aromatic N) is 2. The highest BCUT2D eigenvalue weighted by atomic mass is 16.5. The lowest BCUT2D eigenvalue weighted by Gasteiger charge is -2.26. The molecular formula is C27H26N2O4. The fraction of sp³-hybridized carbons (Fsp3) is 0.222. The molecule has 168 valence electrons. The fourth-order valence-electron chi connectivity index (χ4n) is 4.13. The van der Waals surface area contributed by atoms with Gasteiger partial charge in [0.1, 0.15) is 11.5 Å². The molecule has 1 atom stereocenters. The predicted octanol–water partition coefficient (Wildman–Crippen LogP) is 5.11. The number of ether oxygens (including phenoxy) is 1. The largest absolute Gasteiger partial charge is 0.507 e. The van der Waals surface area contributed by atoms with Gasteiger partial charge < -0.3 is 9.84 Å². The molecule has 6 heteroatoms. The van der Waals surface area contributed by atoms with Gasteiger partial charge in [-0.2, -0.15) is 0 Å². The minimum atomic E-state index is -0.773. The van der Waals surface area contributed by atoms with E-state index in [0.29, 0.717) is 29.2 Å². The molecule has 33 heavy (non-hydrogen) atoms. The van der Waals surface area contributed by atoms with E-state index in [1.54, 1.807) is 48.8 Å². The van der Waals surface area contributed by atoms with Crippen LogP contribution in [-0.2, 0) is 9.59 Å². The molecule has 1 saturated heterocycles. The van der Waals surface area contributed by atoms with Crippen molar-refractivity contribution < 1.29 is 19.4 Å². The Morgan fingerprint density at radius 1 is 1.00 bits per heavy atom. The third-order valence-electron chi connectivity index (χ3n) is 5.55. The number of amides is 1. The molecule has 1 aromatic heterocycles. The molecule has 0 aliphatic carbocycles. The number of Topliss-reactive ketones (excluding diaryl/α,β-unsaturated/α-hetero) is 1. The van der Waals surface area contributed by atoms with Crippen molar-refractivity contribution in [3.8, 4) is 5.75 Å². The van der Waals surface area contributed by atoms with Crippen LogP contribution in [0.1, 0.15) is 41.6 Å². The molecule has 1 amide bonds. The molecule has 0 saturated carbocycles. The SMILES string of the molecule is CCCOc1ccc(/C(O)=C2\C(=O)C(=O)N(c3cc(C)cc(C)c3)C2c2ccncc2)cc1. The highest BCUT2D eigenvalue weighted by Gasteiger charge is 2.47. The first kappa shape index (κ1) is 22.3. The summed E-state index contributed by atoms with van der Waals surface area (Å²) >= 11 is 0. The first-order valence-electron chi connectivity index (χ1n) is 10.9. The molecule has 4 rings (SSSR count). The van der Waals surface area contributed by atoms with Gasteiger partial charge in [0.15, 0.2) is 0 Å². The normalized spacial score (nSPS) is 17.4. The lowest BCUT2D eigenvalue weighted by Crippen LogP contribution is -2.29. The van der Waals surface area contributed by atoms with Gasteiger partial charge in [-0.1, -0.05) is 13.0 Å². The van der Waals surface area contributed by atoms with Crippen LogP contribution in [0, 0.1) is 13.8 Å². The number of aliphatic hydroxyl groups is 1. The maximum atomic E-state index is 13.2. The van der Waals surface area contributed by atoms with E-state index in [-0.39, 0.29) is 11.3 Å². The highest BCUT2D eigenvalue weighted by Crippen LogP contribution is 2.42. The maximum Gasteiger partial charge on any atom is 0.300 e. The van der Waals surface area contributed by atoms with Crippen molar-refractivity contribution in [3.05, 3.63) is 94.8 Å². The minimum Gasteiger partial charge on any atom is -0.507 e. The molecule has 1 aliphatic rings. The van der Waals surface area contributed by atoms with Crippen LogP contribution in [0.25, 0.3) is 5.76 Å². The number of anilines is 1. The fourth-order valence-corrected chi connectivity index (χ4v) is 4.13. The molecule has 3 aromatic rings. The molecule has 1 aliphatic heterocycles. The molecule has 1 fully saturated rings. The number of carbonyl (C=O) groups is 2. The average molecular weight is 443 g/mol. The van der Waals surface area contributed by atoms with E-state index in [9.17, 15) is 14.7 Å². The van der Waals surface area contributed by atoms with E-state index in [1.807, 2.05) is 39.0 Å². The van der Waals surface area contributed by atoms with Crippen LogP contribution < -0.4 is 9.64 Å². The average Bonchev–Trinajstić information content (AvgIpc) is 3.08. The molecule has 1 unspecified atom stereocenters. The molecular weight excluding hydrogens is 416 g/mol. The molecule has 6 nitrogen and oxygen atoms in total. The molecule has 1 N–H and O–H groups in total. The number of aryl methyl sites for hydroxylation is 2. The second-order valence-electron chi connectivity index (χ2n) is 8.17. The summed E-state index contributed by atoms with van der Waals surface area (Å²) in [5.41, 5.74) is 3.74. The van der Waals surface area contributed by atoms with Crippen LogP contribution in [0.5, 0.6) is 5.75 Å². The quantitative estimate of drug-likeness (QED) is 0.326. The van der Waals surface area contributed by atoms with E-state index in [1.165, 1.54) is 4.90 Å². The lowest BCUT2D eigenvalue weighted by molar-refractivity contribution is -0.132. The lowest BCUT2D eigenvalue weighted by atomic mass is 9.95. The molecule has 0 spiro atoms. The first-order valence-corrected chi connectivity index (χ1v) is 10.9. The van der Waals surface area contributed by atoms with E-state index in [0.717, 1.165) is 17.5 Å². The van der Waals surface area contributed by atoms with Crippen molar-refractivity contribution in [3.63, 3.8) is 0 Å². The molecule has 0 bridgehead atoms. The van der Waals surface area contributed by atoms with Crippen molar-refractivity contribution in [2.24, 2.45) is 0 Å². The van der Waals surface area contributed by atoms with Gasteiger partial charge in [0, 0.05) is 23.6 Å². The van der Waals surface area contributed by atoms with Crippen LogP contribution in [0.3, 0.4) is 0 Å². The number of ketones is 1. The second kappa shape index (κ2) is 9.28. The topological polar surface area (TPSA) is 79.7 Å². The number of benzene rings is 2. The van der Waals surface area contributed by atoms with Crippen molar-refractivity contribution in [1.82, 2.24) is 4.98 Å². The third kappa shape index (κ3) is 4.37. The van der Waals surface area contributed by atoms with Crippen molar-refractivity contribution in [2.45, 2.75) is 33.2 Å². The number of hydrogen-bond acceptors (Lipinski definition) is 5. The van der Waals surface area contributed by atoms with Gasteiger partial charge in [-0.15, -0.1) is 0 Å². The van der Waals surface area contributed by atoms with Crippen LogP contribution in [0.4, 0.5) is 5.69 Å². The predicted molar refractivity (Wildman–Crippen MR) is 127 cm³/mol. The second-order valence-corrected chi connectivity index (χ2v) is 8.17. The van der Waals surface area contributed by atoms with Gasteiger partial charge in [0.25, 0.3) is 11.7 Å². The van der Waals surface area contributed by atoms with Gasteiger partial charge in [-0.3, -0.25) is 19.5 Å². The zero-order chi connectivity index (χ0) is 23.5. The number of pyridine rings is 1. The van der Waals surface area contributed by atoms with Crippen LogP contribution in [-0.4, -0.2) is 28.4 Å². The van der Waals surface area contributed by atoms with E-state index < -0.39 is 17.7 Å². The highest BCUT2D eigenvalue weighted by molar-refractivity contribution is 6.51. The summed E-state index contributed by atoms with van der Waals surface area (Å²) in [6.07, 6.45) is 4.10. The number of aliphatic hydroxyl groups excluding tert-OH is 1. The Balaban J connectivity index is 1.85. The number of aromatic nitrogens is 1. The maximum absolute atomic E-state index is 13.2. The van der Waals surface area contributed by atoms with Crippen molar-refractivity contribution in [2.75, 3.05) is 11.5 Å². The summed E-state index contributed by atoms with van der Waals surface area (Å²) in [5, 5.41) is 11.2. The Morgan fingerprint density at radius 2 is 1.64 bits per heavy atom. The van der Waals surface area contributed by atoms with Gasteiger partial charge >= 0.3 is 0 Å². The summed E-state index contributed by atoms with van der Waals surface area (Å²) in [6, 6.07) is 15.3. The molecule has 2 aromatic carbocycles. The summed E-state index contributed by atoms with van der Waals surface area (Å²) in [7, 11) is 0. The van der Waals surface area contributed by atoms with Crippen molar-refractivity contribution >= 4 is 23.1 Å². The van der Waals surface area contributed by atoms with Crippen LogP contribution >= 0.6 is 0 Å². The summed E-state index contributed by atoms with van der Waals surface area (Å²) in [4.78, 5) is 32.0. The Labute approximate surface area is 193 Å². The van der Waals surface area contributed by atoms with Crippen LogP contribution in [0.15, 0.2) is 72.6 Å². The van der Waals surface area contributed by atoms with E-state index in [4.69, 9.17) is 4.74 Å². The van der Waals surface area contributed by atoms with Gasteiger partial charge in [-0.05, 0) is 85.5 Å². The Bertz CT molecular complexity index is 1200. The molecule has 2 heterocycles. The van der Waals surface area contributed by atoms with Crippen LogP contribution in [0.2, 0.25) is 0 Å². The van der Waals surface area contributed by atoms with E-state index in [2.05, 4.69) is 4.98 Å². The van der Waals surface area contributed by atoms with Gasteiger partial charge in [0.05, 0.1) is 18.2 Å². The number of rotatable bonds is 6.